The van der Waals surface area contributed by atoms with Crippen molar-refractivity contribution in [1.82, 2.24) is 0 Å². The third-order valence-corrected chi connectivity index (χ3v) is 3.76. The molecule has 0 saturated carbocycles. The minimum Gasteiger partial charge on any atom is -0.481 e. The van der Waals surface area contributed by atoms with Gasteiger partial charge in [0.2, 0.25) is 0 Å². The number of carbonyl (C=O) groups is 1. The van der Waals surface area contributed by atoms with E-state index in [4.69, 9.17) is 5.26 Å². The molecule has 0 amide bonds. The summed E-state index contributed by atoms with van der Waals surface area (Å²) in [5.74, 6) is -0.902. The summed E-state index contributed by atoms with van der Waals surface area (Å²) in [5.41, 5.74) is -0.576. The maximum atomic E-state index is 11.4. The lowest BCUT2D eigenvalue weighted by molar-refractivity contribution is -0.384. The summed E-state index contributed by atoms with van der Waals surface area (Å²) in [6.07, 6.45) is 0.890. The first-order chi connectivity index (χ1) is 9.90. The van der Waals surface area contributed by atoms with Crippen molar-refractivity contribution in [2.24, 2.45) is 5.41 Å². The molecule has 0 aliphatic rings. The SMILES string of the molecule is CCC(CC)(CNc1ccc([N+](=O)[O-])cc1C#N)C(=O)O. The fourth-order valence-corrected chi connectivity index (χ4v) is 2.03. The van der Waals surface area contributed by atoms with Gasteiger partial charge in [-0.2, -0.15) is 5.26 Å². The van der Waals surface area contributed by atoms with Crippen molar-refractivity contribution in [3.05, 3.63) is 33.9 Å². The van der Waals surface area contributed by atoms with Crippen LogP contribution in [0.25, 0.3) is 0 Å². The second-order valence-corrected chi connectivity index (χ2v) is 4.74. The molecule has 1 rings (SSSR count). The fraction of sp³-hybridized carbons (Fsp3) is 0.429. The number of aliphatic carboxylic acids is 1. The third-order valence-electron chi connectivity index (χ3n) is 3.76. The van der Waals surface area contributed by atoms with Crippen molar-refractivity contribution in [2.75, 3.05) is 11.9 Å². The van der Waals surface area contributed by atoms with E-state index in [1.54, 1.807) is 13.8 Å². The predicted molar refractivity (Wildman–Crippen MR) is 77.0 cm³/mol. The van der Waals surface area contributed by atoms with E-state index in [2.05, 4.69) is 5.32 Å². The number of nitrogens with zero attached hydrogens (tertiary/aromatic N) is 2. The van der Waals surface area contributed by atoms with E-state index in [0.29, 0.717) is 18.5 Å². The van der Waals surface area contributed by atoms with E-state index in [9.17, 15) is 20.0 Å². The number of nitro benzene ring substituents is 1. The molecule has 0 heterocycles. The average molecular weight is 291 g/mol. The quantitative estimate of drug-likeness (QED) is 0.589. The number of non-ortho nitro benzene ring substituents is 1. The molecule has 0 spiro atoms. The minimum absolute atomic E-state index is 0.121. The first-order valence-corrected chi connectivity index (χ1v) is 6.56. The summed E-state index contributed by atoms with van der Waals surface area (Å²) in [4.78, 5) is 21.5. The number of hydrogen-bond donors (Lipinski definition) is 2. The van der Waals surface area contributed by atoms with Crippen molar-refractivity contribution in [3.63, 3.8) is 0 Å². The summed E-state index contributed by atoms with van der Waals surface area (Å²) in [6, 6.07) is 5.75. The second kappa shape index (κ2) is 6.70. The van der Waals surface area contributed by atoms with Crippen LogP contribution in [0.4, 0.5) is 11.4 Å². The molecular formula is C14H17N3O4. The Balaban J connectivity index is 3.01. The highest BCUT2D eigenvalue weighted by Gasteiger charge is 2.34. The largest absolute Gasteiger partial charge is 0.481 e. The average Bonchev–Trinajstić information content (AvgIpc) is 2.48. The number of rotatable bonds is 7. The van der Waals surface area contributed by atoms with Crippen molar-refractivity contribution in [1.29, 1.82) is 5.26 Å². The Morgan fingerprint density at radius 1 is 1.48 bits per heavy atom. The van der Waals surface area contributed by atoms with Gasteiger partial charge in [-0.15, -0.1) is 0 Å². The van der Waals surface area contributed by atoms with Gasteiger partial charge in [-0.1, -0.05) is 13.8 Å². The first kappa shape index (κ1) is 16.4. The van der Waals surface area contributed by atoms with Crippen LogP contribution in [0, 0.1) is 26.9 Å². The molecule has 112 valence electrons. The van der Waals surface area contributed by atoms with Gasteiger partial charge in [-0.25, -0.2) is 0 Å². The Morgan fingerprint density at radius 2 is 2.10 bits per heavy atom. The van der Waals surface area contributed by atoms with Crippen LogP contribution >= 0.6 is 0 Å². The molecule has 0 aliphatic heterocycles. The molecule has 21 heavy (non-hydrogen) atoms. The Hall–Kier alpha value is -2.62. The van der Waals surface area contributed by atoms with E-state index >= 15 is 0 Å². The Bertz CT molecular complexity index is 588. The van der Waals surface area contributed by atoms with Gasteiger partial charge in [0.25, 0.3) is 5.69 Å². The molecule has 0 saturated heterocycles. The molecule has 0 aliphatic carbocycles. The molecule has 0 bridgehead atoms. The van der Waals surface area contributed by atoms with Crippen molar-refractivity contribution < 1.29 is 14.8 Å². The molecule has 0 atom stereocenters. The molecule has 1 aromatic carbocycles. The number of anilines is 1. The second-order valence-electron chi connectivity index (χ2n) is 4.74. The number of nitro groups is 1. The zero-order valence-corrected chi connectivity index (χ0v) is 11.9. The van der Waals surface area contributed by atoms with Gasteiger partial charge >= 0.3 is 5.97 Å². The van der Waals surface area contributed by atoms with Crippen LogP contribution in [-0.4, -0.2) is 22.5 Å². The summed E-state index contributed by atoms with van der Waals surface area (Å²) in [7, 11) is 0. The fourth-order valence-electron chi connectivity index (χ4n) is 2.03. The number of carboxylic acid groups (broad SMARTS) is 1. The molecule has 0 fully saturated rings. The Labute approximate surface area is 122 Å². The van der Waals surface area contributed by atoms with Crippen molar-refractivity contribution in [3.8, 4) is 6.07 Å². The van der Waals surface area contributed by atoms with Crippen LogP contribution in [0.3, 0.4) is 0 Å². The lowest BCUT2D eigenvalue weighted by atomic mass is 9.82. The van der Waals surface area contributed by atoms with Gasteiger partial charge in [0.1, 0.15) is 6.07 Å². The van der Waals surface area contributed by atoms with E-state index in [1.807, 2.05) is 6.07 Å². The molecule has 7 heteroatoms. The monoisotopic (exact) mass is 291 g/mol. The zero-order valence-electron chi connectivity index (χ0n) is 11.9. The lowest BCUT2D eigenvalue weighted by Gasteiger charge is -2.27. The van der Waals surface area contributed by atoms with Gasteiger partial charge in [0, 0.05) is 18.7 Å². The van der Waals surface area contributed by atoms with Crippen molar-refractivity contribution in [2.45, 2.75) is 26.7 Å². The maximum absolute atomic E-state index is 11.4. The Morgan fingerprint density at radius 3 is 2.52 bits per heavy atom. The number of nitriles is 1. The molecular weight excluding hydrogens is 274 g/mol. The van der Waals surface area contributed by atoms with Gasteiger partial charge in [-0.3, -0.25) is 14.9 Å². The molecule has 0 unspecified atom stereocenters. The summed E-state index contributed by atoms with van der Waals surface area (Å²) in [5, 5.41) is 32.0. The summed E-state index contributed by atoms with van der Waals surface area (Å²) >= 11 is 0. The van der Waals surface area contributed by atoms with E-state index < -0.39 is 16.3 Å². The summed E-state index contributed by atoms with van der Waals surface area (Å²) in [6.45, 7) is 3.74. The number of carboxylic acids is 1. The van der Waals surface area contributed by atoms with Crippen LogP contribution in [0.5, 0.6) is 0 Å². The standard InChI is InChI=1S/C14H17N3O4/c1-3-14(4-2,13(18)19)9-16-12-6-5-11(17(20)21)7-10(12)8-15/h5-7,16H,3-4,9H2,1-2H3,(H,18,19). The van der Waals surface area contributed by atoms with Gasteiger partial charge in [0.05, 0.1) is 21.6 Å². The van der Waals surface area contributed by atoms with Crippen molar-refractivity contribution >= 4 is 17.3 Å². The maximum Gasteiger partial charge on any atom is 0.311 e. The number of benzene rings is 1. The topological polar surface area (TPSA) is 116 Å². The van der Waals surface area contributed by atoms with Gasteiger partial charge in [0.15, 0.2) is 0 Å². The van der Waals surface area contributed by atoms with Crippen LogP contribution in [0.15, 0.2) is 18.2 Å². The van der Waals surface area contributed by atoms with Crippen LogP contribution in [0.2, 0.25) is 0 Å². The van der Waals surface area contributed by atoms with E-state index in [0.717, 1.165) is 0 Å². The lowest BCUT2D eigenvalue weighted by Crippen LogP contribution is -2.37. The molecule has 7 nitrogen and oxygen atoms in total. The van der Waals surface area contributed by atoms with E-state index in [1.165, 1.54) is 18.2 Å². The molecule has 2 N–H and O–H groups in total. The molecule has 0 aromatic heterocycles. The highest BCUT2D eigenvalue weighted by atomic mass is 16.6. The molecule has 1 aromatic rings. The first-order valence-electron chi connectivity index (χ1n) is 6.56. The van der Waals surface area contributed by atoms with Gasteiger partial charge < -0.3 is 10.4 Å². The van der Waals surface area contributed by atoms with Gasteiger partial charge in [-0.05, 0) is 18.9 Å². The predicted octanol–water partition coefficient (Wildman–Crippen LogP) is 2.77. The number of nitrogens with one attached hydrogen (secondary N) is 1. The zero-order chi connectivity index (χ0) is 16.0. The Kier molecular flexibility index (Phi) is 5.24. The minimum atomic E-state index is -0.922. The third kappa shape index (κ3) is 3.48. The van der Waals surface area contributed by atoms with Crippen LogP contribution in [-0.2, 0) is 4.79 Å². The smallest absolute Gasteiger partial charge is 0.311 e. The van der Waals surface area contributed by atoms with Crippen LogP contribution in [0.1, 0.15) is 32.3 Å². The highest BCUT2D eigenvalue weighted by molar-refractivity contribution is 5.75. The molecule has 0 radical (unpaired) electrons. The van der Waals surface area contributed by atoms with Crippen LogP contribution < -0.4 is 5.32 Å². The normalized spacial score (nSPS) is 10.7. The number of hydrogen-bond acceptors (Lipinski definition) is 5. The highest BCUT2D eigenvalue weighted by Crippen LogP contribution is 2.29. The summed E-state index contributed by atoms with van der Waals surface area (Å²) < 4.78 is 0. The van der Waals surface area contributed by atoms with E-state index in [-0.39, 0.29) is 17.8 Å².